The van der Waals surface area contributed by atoms with E-state index in [1.165, 1.54) is 28.6 Å². The van der Waals surface area contributed by atoms with E-state index in [2.05, 4.69) is 67.8 Å². The number of piperazine rings is 1. The van der Waals surface area contributed by atoms with Gasteiger partial charge in [-0.25, -0.2) is 22.6 Å². The Labute approximate surface area is 436 Å². The van der Waals surface area contributed by atoms with Gasteiger partial charge in [-0.15, -0.1) is 0 Å². The van der Waals surface area contributed by atoms with Crippen LogP contribution in [0.25, 0.3) is 32.9 Å². The summed E-state index contributed by atoms with van der Waals surface area (Å²) in [6, 6.07) is 14.5. The molecule has 3 aliphatic heterocycles. The molecule has 0 atom stereocenters. The highest BCUT2D eigenvalue weighted by Gasteiger charge is 2.32. The van der Waals surface area contributed by atoms with Crippen LogP contribution in [0, 0.1) is 11.7 Å². The first-order chi connectivity index (χ1) is 35.6. The maximum atomic E-state index is 15.9. The molecule has 0 bridgehead atoms. The lowest BCUT2D eigenvalue weighted by Crippen LogP contribution is -2.49. The van der Waals surface area contributed by atoms with Gasteiger partial charge in [0, 0.05) is 138 Å². The van der Waals surface area contributed by atoms with E-state index in [9.17, 15) is 18.0 Å². The third-order valence-electron chi connectivity index (χ3n) is 14.6. The number of sulfonamides is 1. The number of hydrogen-bond donors (Lipinski definition) is 3. The first kappa shape index (κ1) is 49.1. The maximum Gasteiger partial charge on any atom is 0.329 e. The van der Waals surface area contributed by atoms with Crippen molar-refractivity contribution in [1.82, 2.24) is 44.7 Å². The van der Waals surface area contributed by atoms with Crippen molar-refractivity contribution >= 4 is 106 Å². The van der Waals surface area contributed by atoms with Gasteiger partial charge in [0.05, 0.1) is 57.8 Å². The van der Waals surface area contributed by atoms with Crippen LogP contribution in [0.2, 0.25) is 0 Å². The average molecular weight is 1090 g/mol. The number of rotatable bonds is 14. The lowest BCUT2D eigenvalue weighted by atomic mass is 9.94. The lowest BCUT2D eigenvalue weighted by Gasteiger charge is -2.40. The van der Waals surface area contributed by atoms with Gasteiger partial charge in [-0.2, -0.15) is 15.2 Å². The van der Waals surface area contributed by atoms with Crippen LogP contribution in [0.1, 0.15) is 43.7 Å². The number of amides is 3. The third-order valence-corrected chi connectivity index (χ3v) is 16.4. The van der Waals surface area contributed by atoms with Crippen molar-refractivity contribution in [1.29, 1.82) is 0 Å². The Morgan fingerprint density at radius 3 is 2.35 bits per heavy atom. The number of carbonyl (C=O) groups excluding carboxylic acids is 2. The lowest BCUT2D eigenvalue weighted by molar-refractivity contribution is -0.120. The fourth-order valence-electron chi connectivity index (χ4n) is 10.4. The molecular formula is C51H57BrFN15O5S. The van der Waals surface area contributed by atoms with Crippen molar-refractivity contribution in [3.63, 3.8) is 0 Å². The monoisotopic (exact) mass is 1090 g/mol. The van der Waals surface area contributed by atoms with Gasteiger partial charge in [-0.1, -0.05) is 0 Å². The molecule has 11 rings (SSSR count). The van der Waals surface area contributed by atoms with Gasteiger partial charge >= 0.3 is 6.03 Å². The first-order valence-corrected chi connectivity index (χ1v) is 27.4. The Kier molecular flexibility index (Phi) is 13.0. The largest absolute Gasteiger partial charge is 0.494 e. The highest BCUT2D eigenvalue weighted by atomic mass is 79.9. The maximum absolute atomic E-state index is 15.9. The Morgan fingerprint density at radius 1 is 0.878 bits per heavy atom. The predicted octanol–water partition coefficient (Wildman–Crippen LogP) is 7.47. The van der Waals surface area contributed by atoms with Crippen molar-refractivity contribution in [2.24, 2.45) is 20.0 Å². The van der Waals surface area contributed by atoms with E-state index < -0.39 is 16.1 Å². The highest BCUT2D eigenvalue weighted by molar-refractivity contribution is 9.10. The number of ether oxygens (including phenoxy) is 1. The number of imide groups is 1. The zero-order valence-corrected chi connectivity index (χ0v) is 44.2. The standard InChI is InChI=1S/C51H57BrFN15O5S/c1-62-29-32(26-55-62)34-23-41(58-50-54-27-36(52)48(60-50)57-40-11-10-39-33(47(40)64(3)74(5,71)72)8-9-38(56-39)31-6-7-31)45(73-4)25-43(34)66-15-12-30(13-16-66)28-65-18-20-67(21-19-65)44-24-42-35(22-37(44)53)49(61-63(42)2)68-17-14-46(69)59-51(68)70/h8-11,22-27,29-31H,6-7,12-21,28H2,1-5H3,(H,59,69,70)(H2,54,57,58,60). The normalized spacial score (nSPS) is 17.1. The van der Waals surface area contributed by atoms with E-state index in [0.717, 1.165) is 80.9 Å². The van der Waals surface area contributed by atoms with Crippen LogP contribution < -0.4 is 39.7 Å². The van der Waals surface area contributed by atoms with Gasteiger partial charge < -0.3 is 25.2 Å². The van der Waals surface area contributed by atoms with E-state index in [1.54, 1.807) is 29.7 Å². The van der Waals surface area contributed by atoms with Gasteiger partial charge in [-0.3, -0.25) is 38.6 Å². The van der Waals surface area contributed by atoms with E-state index in [-0.39, 0.29) is 30.6 Å². The summed E-state index contributed by atoms with van der Waals surface area (Å²) in [6.45, 7) is 5.78. The first-order valence-electron chi connectivity index (χ1n) is 24.7. The number of methoxy groups -OCH3 is 1. The summed E-state index contributed by atoms with van der Waals surface area (Å²) in [5.74, 6) is 1.86. The number of hydrogen-bond acceptors (Lipinski definition) is 15. The number of piperidine rings is 1. The number of fused-ring (bicyclic) bond motifs is 2. The predicted molar refractivity (Wildman–Crippen MR) is 288 cm³/mol. The summed E-state index contributed by atoms with van der Waals surface area (Å²) in [5.41, 5.74) is 7.52. The number of nitrogens with one attached hydrogen (secondary N) is 3. The van der Waals surface area contributed by atoms with Crippen molar-refractivity contribution in [3.8, 4) is 16.9 Å². The molecule has 386 valence electrons. The summed E-state index contributed by atoms with van der Waals surface area (Å²) in [5, 5.41) is 19.4. The molecule has 0 unspecified atom stereocenters. The smallest absolute Gasteiger partial charge is 0.329 e. The average Bonchev–Trinajstić information content (AvgIpc) is 4.08. The number of nitrogens with zero attached hydrogens (tertiary/aromatic N) is 12. The number of halogens is 2. The summed E-state index contributed by atoms with van der Waals surface area (Å²) in [6.07, 6.45) is 11.0. The molecule has 1 saturated carbocycles. The summed E-state index contributed by atoms with van der Waals surface area (Å²) < 4.78 is 53.2. The van der Waals surface area contributed by atoms with Crippen LogP contribution in [0.5, 0.6) is 5.75 Å². The molecule has 4 aromatic heterocycles. The second-order valence-corrected chi connectivity index (χ2v) is 22.5. The van der Waals surface area contributed by atoms with Crippen LogP contribution in [0.4, 0.5) is 55.2 Å². The molecule has 0 radical (unpaired) electrons. The zero-order chi connectivity index (χ0) is 51.6. The molecule has 4 aliphatic rings. The van der Waals surface area contributed by atoms with Crippen molar-refractivity contribution in [3.05, 3.63) is 83.1 Å². The van der Waals surface area contributed by atoms with Crippen molar-refractivity contribution in [2.45, 2.75) is 38.0 Å². The quantitative estimate of drug-likeness (QED) is 0.0967. The molecular weight excluding hydrogens is 1030 g/mol. The number of benzene rings is 3. The topological polar surface area (TPSA) is 204 Å². The number of aromatic nitrogens is 7. The van der Waals surface area contributed by atoms with Crippen LogP contribution in [-0.2, 0) is 28.9 Å². The van der Waals surface area contributed by atoms with Crippen LogP contribution in [0.15, 0.2) is 71.6 Å². The van der Waals surface area contributed by atoms with E-state index in [1.807, 2.05) is 55.8 Å². The van der Waals surface area contributed by atoms with E-state index in [4.69, 9.17) is 14.7 Å². The molecule has 3 N–H and O–H groups in total. The van der Waals surface area contributed by atoms with Gasteiger partial charge in [0.1, 0.15) is 17.4 Å². The second-order valence-electron chi connectivity index (χ2n) is 19.6. The second kappa shape index (κ2) is 19.6. The number of pyridine rings is 1. The third kappa shape index (κ3) is 9.74. The van der Waals surface area contributed by atoms with E-state index in [0.29, 0.717) is 91.3 Å². The van der Waals surface area contributed by atoms with Crippen LogP contribution in [0.3, 0.4) is 0 Å². The van der Waals surface area contributed by atoms with Gasteiger partial charge in [0.2, 0.25) is 21.9 Å². The molecule has 20 nitrogen and oxygen atoms in total. The minimum absolute atomic E-state index is 0.155. The molecule has 3 saturated heterocycles. The molecule has 1 aliphatic carbocycles. The minimum atomic E-state index is -3.65. The SMILES string of the molecule is COc1cc(N2CCC(CN3CCN(c4cc5c(cc4F)c(N4CCC(=O)NC4=O)nn5C)CC3)CC2)c(-c2cnn(C)c2)cc1Nc1ncc(Br)c(Nc2ccc3nc(C4CC4)ccc3c2N(C)S(C)(=O)=O)n1. The molecule has 4 fully saturated rings. The fourth-order valence-corrected chi connectivity index (χ4v) is 11.2. The number of urea groups is 1. The van der Waals surface area contributed by atoms with Crippen molar-refractivity contribution in [2.75, 3.05) is 102 Å². The van der Waals surface area contributed by atoms with Crippen LogP contribution >= 0.6 is 15.9 Å². The highest BCUT2D eigenvalue weighted by Crippen LogP contribution is 2.44. The molecule has 23 heteroatoms. The Hall–Kier alpha value is -7.11. The van der Waals surface area contributed by atoms with Gasteiger partial charge in [0.15, 0.2) is 5.82 Å². The zero-order valence-electron chi connectivity index (χ0n) is 41.8. The molecule has 7 aromatic rings. The van der Waals surface area contributed by atoms with Gasteiger partial charge in [-0.05, 0) is 90.0 Å². The molecule has 7 heterocycles. The summed E-state index contributed by atoms with van der Waals surface area (Å²) in [7, 11) is 3.20. The molecule has 0 spiro atoms. The number of carbonyl (C=O) groups is 2. The Bertz CT molecular complexity index is 3460. The number of anilines is 8. The van der Waals surface area contributed by atoms with Crippen molar-refractivity contribution < 1.29 is 27.1 Å². The van der Waals surface area contributed by atoms with E-state index >= 15 is 4.39 Å². The Balaban J connectivity index is 0.772. The number of aryl methyl sites for hydroxylation is 2. The molecule has 3 aromatic carbocycles. The van der Waals surface area contributed by atoms with Gasteiger partial charge in [0.25, 0.3) is 0 Å². The van der Waals surface area contributed by atoms with Crippen LogP contribution in [-0.4, -0.2) is 133 Å². The Morgan fingerprint density at radius 2 is 1.65 bits per heavy atom. The minimum Gasteiger partial charge on any atom is -0.494 e. The summed E-state index contributed by atoms with van der Waals surface area (Å²) in [4.78, 5) is 47.1. The molecule has 3 amide bonds. The fraction of sp³-hybridized carbons (Fsp3) is 0.392. The summed E-state index contributed by atoms with van der Waals surface area (Å²) >= 11 is 3.61. The molecule has 74 heavy (non-hydrogen) atoms.